The van der Waals surface area contributed by atoms with E-state index >= 15 is 0 Å². The summed E-state index contributed by atoms with van der Waals surface area (Å²) >= 11 is 0. The van der Waals surface area contributed by atoms with Gasteiger partial charge in [-0.3, -0.25) is 19.8 Å². The number of Topliss-reactive ketones (excluding diaryl/α,β-unsaturated/α-hetero) is 1. The van der Waals surface area contributed by atoms with Crippen molar-refractivity contribution < 1.29 is 14.4 Å². The van der Waals surface area contributed by atoms with E-state index in [0.717, 1.165) is 0 Å². The van der Waals surface area contributed by atoms with Gasteiger partial charge in [0.05, 0.1) is 5.69 Å². The summed E-state index contributed by atoms with van der Waals surface area (Å²) in [6.45, 7) is 3.08. The van der Waals surface area contributed by atoms with Crippen molar-refractivity contribution in [3.8, 4) is 0 Å². The van der Waals surface area contributed by atoms with Gasteiger partial charge in [-0.1, -0.05) is 30.3 Å². The van der Waals surface area contributed by atoms with Crippen LogP contribution in [0.15, 0.2) is 59.6 Å². The molecule has 26 heavy (non-hydrogen) atoms. The molecule has 0 fully saturated rings. The largest absolute Gasteiger partial charge is 0.319 e. The van der Waals surface area contributed by atoms with E-state index < -0.39 is 11.9 Å². The molecule has 0 bridgehead atoms. The lowest BCUT2D eigenvalue weighted by Gasteiger charge is -2.30. The van der Waals surface area contributed by atoms with Crippen LogP contribution in [-0.4, -0.2) is 29.5 Å². The Bertz CT molecular complexity index is 893. The molecule has 0 saturated heterocycles. The number of nitrogens with one attached hydrogen (secondary N) is 2. The molecular weight excluding hydrogens is 332 g/mol. The maximum absolute atomic E-state index is 12.6. The van der Waals surface area contributed by atoms with Crippen LogP contribution in [-0.2, 0) is 9.59 Å². The Morgan fingerprint density at radius 1 is 1.12 bits per heavy atom. The van der Waals surface area contributed by atoms with Gasteiger partial charge in [-0.15, -0.1) is 0 Å². The number of hydrazine groups is 1. The highest BCUT2D eigenvalue weighted by molar-refractivity contribution is 6.43. The minimum absolute atomic E-state index is 0.0224. The van der Waals surface area contributed by atoms with Crippen molar-refractivity contribution in [2.24, 2.45) is 4.99 Å². The van der Waals surface area contributed by atoms with Gasteiger partial charge >= 0.3 is 0 Å². The van der Waals surface area contributed by atoms with Crippen LogP contribution in [0.25, 0.3) is 0 Å². The van der Waals surface area contributed by atoms with Gasteiger partial charge in [-0.05, 0) is 38.1 Å². The van der Waals surface area contributed by atoms with Crippen molar-refractivity contribution in [2.75, 3.05) is 10.3 Å². The van der Waals surface area contributed by atoms with Gasteiger partial charge in [0.15, 0.2) is 5.78 Å². The molecular formula is C19H18N4O3. The lowest BCUT2D eigenvalue weighted by molar-refractivity contribution is -0.120. The molecule has 1 aliphatic rings. The minimum atomic E-state index is -0.694. The number of hydrogen-bond donors (Lipinski definition) is 2. The first-order chi connectivity index (χ1) is 12.5. The molecule has 0 aromatic heterocycles. The number of aliphatic imine (C=N–C) groups is 1. The summed E-state index contributed by atoms with van der Waals surface area (Å²) in [4.78, 5) is 40.5. The molecule has 1 atom stereocenters. The summed E-state index contributed by atoms with van der Waals surface area (Å²) in [7, 11) is 0. The smallest absolute Gasteiger partial charge is 0.292 e. The zero-order valence-electron chi connectivity index (χ0n) is 14.4. The number of anilines is 2. The molecule has 0 radical (unpaired) electrons. The van der Waals surface area contributed by atoms with Crippen molar-refractivity contribution in [3.63, 3.8) is 0 Å². The second kappa shape index (κ2) is 7.18. The van der Waals surface area contributed by atoms with Gasteiger partial charge < -0.3 is 5.32 Å². The Kier molecular flexibility index (Phi) is 4.79. The molecule has 2 aromatic rings. The summed E-state index contributed by atoms with van der Waals surface area (Å²) < 4.78 is 0. The standard InChI is InChI=1S/C19H18N4O3/c1-12-19(26)23(16-9-4-3-5-10-16)22-17(20-12)18(25)21-15-8-6-7-14(11-15)13(2)24/h3-12H,1-2H3,(H,20,22)(H,21,25). The zero-order valence-corrected chi connectivity index (χ0v) is 14.4. The van der Waals surface area contributed by atoms with E-state index in [4.69, 9.17) is 0 Å². The van der Waals surface area contributed by atoms with E-state index in [-0.39, 0.29) is 17.5 Å². The van der Waals surface area contributed by atoms with Gasteiger partial charge in [0.2, 0.25) is 5.84 Å². The van der Waals surface area contributed by atoms with Crippen LogP contribution >= 0.6 is 0 Å². The fourth-order valence-electron chi connectivity index (χ4n) is 2.51. The Labute approximate surface area is 150 Å². The normalized spacial score (nSPS) is 16.5. The van der Waals surface area contributed by atoms with Crippen molar-refractivity contribution in [3.05, 3.63) is 60.2 Å². The van der Waals surface area contributed by atoms with Gasteiger partial charge in [-0.25, -0.2) is 10.0 Å². The summed E-state index contributed by atoms with van der Waals surface area (Å²) in [5.74, 6) is -0.824. The lowest BCUT2D eigenvalue weighted by atomic mass is 10.1. The fraction of sp³-hybridized carbons (Fsp3) is 0.158. The number of carbonyl (C=O) groups excluding carboxylic acids is 3. The van der Waals surface area contributed by atoms with E-state index in [1.165, 1.54) is 11.9 Å². The Morgan fingerprint density at radius 3 is 2.54 bits per heavy atom. The fourth-order valence-corrected chi connectivity index (χ4v) is 2.51. The number of benzene rings is 2. The van der Waals surface area contributed by atoms with Crippen LogP contribution in [0.5, 0.6) is 0 Å². The first-order valence-corrected chi connectivity index (χ1v) is 8.11. The van der Waals surface area contributed by atoms with Crippen LogP contribution in [0.4, 0.5) is 11.4 Å². The molecule has 2 N–H and O–H groups in total. The van der Waals surface area contributed by atoms with E-state index in [2.05, 4.69) is 15.7 Å². The van der Waals surface area contributed by atoms with E-state index in [1.54, 1.807) is 55.5 Å². The Hall–Kier alpha value is -3.48. The van der Waals surface area contributed by atoms with Crippen molar-refractivity contribution in [2.45, 2.75) is 19.9 Å². The van der Waals surface area contributed by atoms with Gasteiger partial charge in [0.25, 0.3) is 11.8 Å². The summed E-state index contributed by atoms with van der Waals surface area (Å²) in [5.41, 5.74) is 4.35. The zero-order chi connectivity index (χ0) is 18.7. The molecule has 7 nitrogen and oxygen atoms in total. The minimum Gasteiger partial charge on any atom is -0.319 e. The van der Waals surface area contributed by atoms with Crippen molar-refractivity contribution in [1.82, 2.24) is 5.43 Å². The molecule has 1 heterocycles. The van der Waals surface area contributed by atoms with Gasteiger partial charge in [0.1, 0.15) is 6.04 Å². The van der Waals surface area contributed by atoms with Crippen LogP contribution in [0.2, 0.25) is 0 Å². The maximum Gasteiger partial charge on any atom is 0.292 e. The molecule has 1 aliphatic heterocycles. The highest BCUT2D eigenvalue weighted by Crippen LogP contribution is 2.17. The number of nitrogens with zero attached hydrogens (tertiary/aromatic N) is 2. The molecule has 1 unspecified atom stereocenters. The molecule has 0 saturated carbocycles. The third-order valence-electron chi connectivity index (χ3n) is 3.87. The summed E-state index contributed by atoms with van der Waals surface area (Å²) in [5, 5.41) is 4.00. The molecule has 132 valence electrons. The van der Waals surface area contributed by atoms with Crippen LogP contribution in [0, 0.1) is 0 Å². The van der Waals surface area contributed by atoms with Crippen molar-refractivity contribution >= 4 is 34.8 Å². The van der Waals surface area contributed by atoms with Crippen LogP contribution in [0.1, 0.15) is 24.2 Å². The predicted octanol–water partition coefficient (Wildman–Crippen LogP) is 2.17. The average molecular weight is 350 g/mol. The Balaban J connectivity index is 1.81. The third-order valence-corrected chi connectivity index (χ3v) is 3.87. The van der Waals surface area contributed by atoms with E-state index in [1.807, 2.05) is 6.07 Å². The predicted molar refractivity (Wildman–Crippen MR) is 99.0 cm³/mol. The number of rotatable bonds is 4. The maximum atomic E-state index is 12.6. The quantitative estimate of drug-likeness (QED) is 0.827. The lowest BCUT2D eigenvalue weighted by Crippen LogP contribution is -2.57. The van der Waals surface area contributed by atoms with E-state index in [0.29, 0.717) is 16.9 Å². The second-order valence-electron chi connectivity index (χ2n) is 5.87. The third kappa shape index (κ3) is 3.61. The first-order valence-electron chi connectivity index (χ1n) is 8.11. The monoisotopic (exact) mass is 350 g/mol. The van der Waals surface area contributed by atoms with Gasteiger partial charge in [-0.2, -0.15) is 0 Å². The van der Waals surface area contributed by atoms with Gasteiger partial charge in [0, 0.05) is 11.3 Å². The highest BCUT2D eigenvalue weighted by atomic mass is 16.2. The second-order valence-corrected chi connectivity index (χ2v) is 5.87. The molecule has 2 amide bonds. The van der Waals surface area contributed by atoms with Crippen LogP contribution < -0.4 is 15.8 Å². The number of amidine groups is 1. The summed E-state index contributed by atoms with van der Waals surface area (Å²) in [6.07, 6.45) is 0. The number of para-hydroxylation sites is 1. The van der Waals surface area contributed by atoms with Crippen molar-refractivity contribution in [1.29, 1.82) is 0 Å². The number of carbonyl (C=O) groups is 3. The van der Waals surface area contributed by atoms with E-state index in [9.17, 15) is 14.4 Å². The first kappa shape index (κ1) is 17.3. The Morgan fingerprint density at radius 2 is 1.85 bits per heavy atom. The number of amides is 2. The molecule has 0 aliphatic carbocycles. The number of ketones is 1. The topological polar surface area (TPSA) is 90.9 Å². The average Bonchev–Trinajstić information content (AvgIpc) is 2.64. The van der Waals surface area contributed by atoms with Crippen LogP contribution in [0.3, 0.4) is 0 Å². The molecule has 0 spiro atoms. The molecule has 3 rings (SSSR count). The molecule has 7 heteroatoms. The summed E-state index contributed by atoms with van der Waals surface area (Å²) in [6, 6.07) is 14.9. The number of hydrogen-bond acceptors (Lipinski definition) is 5. The SMILES string of the molecule is CC(=O)c1cccc(NC(=O)C2=NC(C)C(=O)N(c3ccccc3)N2)c1. The highest BCUT2D eigenvalue weighted by Gasteiger charge is 2.30. The molecule has 2 aromatic carbocycles.